The smallest absolute Gasteiger partial charge is 0.376 e. The third-order valence-electron chi connectivity index (χ3n) is 7.07. The maximum atomic E-state index is 12.2. The van der Waals surface area contributed by atoms with E-state index in [2.05, 4.69) is 55.8 Å². The Morgan fingerprint density at radius 2 is 1.19 bits per heavy atom. The SMILES string of the molecule is CSc1ccc(C(O)(c2ccc(CCCOC34OCC(C)(CO3)CO4)cc2)c2ccc(SC)cc2)cc1. The second kappa shape index (κ2) is 11.1. The second-order valence-corrected chi connectivity index (χ2v) is 11.8. The highest BCUT2D eigenvalue weighted by Gasteiger charge is 2.51. The van der Waals surface area contributed by atoms with Crippen LogP contribution >= 0.6 is 23.5 Å². The van der Waals surface area contributed by atoms with Gasteiger partial charge in [-0.15, -0.1) is 23.5 Å². The lowest BCUT2D eigenvalue weighted by Crippen LogP contribution is -2.60. The van der Waals surface area contributed by atoms with Gasteiger partial charge in [0, 0.05) is 15.2 Å². The van der Waals surface area contributed by atoms with E-state index in [4.69, 9.17) is 18.9 Å². The first-order valence-electron chi connectivity index (χ1n) is 12.5. The van der Waals surface area contributed by atoms with E-state index in [0.717, 1.165) is 39.3 Å². The molecule has 0 aromatic heterocycles. The van der Waals surface area contributed by atoms with Gasteiger partial charge in [0.2, 0.25) is 0 Å². The fourth-order valence-corrected chi connectivity index (χ4v) is 5.53. The first kappa shape index (κ1) is 26.8. The highest BCUT2D eigenvalue weighted by atomic mass is 32.2. The fourth-order valence-electron chi connectivity index (χ4n) is 4.71. The number of aliphatic hydroxyl groups is 1. The molecule has 0 amide bonds. The number of hydrogen-bond donors (Lipinski definition) is 1. The van der Waals surface area contributed by atoms with Crippen LogP contribution in [-0.4, -0.2) is 50.2 Å². The van der Waals surface area contributed by atoms with Crippen LogP contribution in [-0.2, 0) is 31.0 Å². The molecule has 3 aromatic carbocycles. The Balaban J connectivity index is 1.29. The molecule has 37 heavy (non-hydrogen) atoms. The van der Waals surface area contributed by atoms with Crippen molar-refractivity contribution in [2.45, 2.75) is 41.3 Å². The van der Waals surface area contributed by atoms with Crippen molar-refractivity contribution in [2.24, 2.45) is 5.41 Å². The summed E-state index contributed by atoms with van der Waals surface area (Å²) in [5, 5.41) is 12.2. The van der Waals surface area contributed by atoms with Crippen LogP contribution in [0.4, 0.5) is 0 Å². The van der Waals surface area contributed by atoms with Crippen molar-refractivity contribution >= 4 is 23.5 Å². The highest BCUT2D eigenvalue weighted by molar-refractivity contribution is 7.98. The van der Waals surface area contributed by atoms with Crippen molar-refractivity contribution in [3.8, 4) is 0 Å². The zero-order valence-electron chi connectivity index (χ0n) is 21.6. The lowest BCUT2D eigenvalue weighted by atomic mass is 9.80. The molecule has 0 unspecified atom stereocenters. The maximum absolute atomic E-state index is 12.2. The summed E-state index contributed by atoms with van der Waals surface area (Å²) in [6.45, 7) is 4.29. The maximum Gasteiger partial charge on any atom is 0.412 e. The Hall–Kier alpha value is -1.84. The minimum absolute atomic E-state index is 0.0806. The minimum Gasteiger partial charge on any atom is -0.376 e. The fraction of sp³-hybridized carbons (Fsp3) is 0.400. The van der Waals surface area contributed by atoms with Gasteiger partial charge in [0.1, 0.15) is 5.60 Å². The number of benzene rings is 3. The van der Waals surface area contributed by atoms with Crippen LogP contribution in [0.2, 0.25) is 0 Å². The quantitative estimate of drug-likeness (QED) is 0.191. The standard InChI is InChI=1S/C30H34O5S2/c1-28-19-33-30(34-20-28,35-21-28)32-18-4-5-22-6-8-23(9-7-22)29(31,24-10-14-26(36-2)15-11-24)25-12-16-27(37-3)17-13-25/h6-17,31H,4-5,18-21H2,1-3H3. The predicted octanol–water partition coefficient (Wildman–Crippen LogP) is 6.06. The molecule has 0 saturated carbocycles. The number of aryl methyl sites for hydroxylation is 1. The Kier molecular flexibility index (Phi) is 8.03. The van der Waals surface area contributed by atoms with Gasteiger partial charge in [0.25, 0.3) is 0 Å². The molecule has 3 aromatic rings. The van der Waals surface area contributed by atoms with Crippen molar-refractivity contribution < 1.29 is 24.1 Å². The zero-order valence-corrected chi connectivity index (χ0v) is 23.2. The second-order valence-electron chi connectivity index (χ2n) is 9.99. The molecule has 3 aliphatic rings. The summed E-state index contributed by atoms with van der Waals surface area (Å²) >= 11 is 3.38. The van der Waals surface area contributed by atoms with Crippen molar-refractivity contribution in [2.75, 3.05) is 38.9 Å². The summed E-state index contributed by atoms with van der Waals surface area (Å²) in [5.41, 5.74) is 2.37. The molecule has 3 saturated heterocycles. The topological polar surface area (TPSA) is 57.2 Å². The van der Waals surface area contributed by atoms with Crippen LogP contribution in [0, 0.1) is 5.41 Å². The van der Waals surface area contributed by atoms with Crippen LogP contribution in [0.15, 0.2) is 82.6 Å². The van der Waals surface area contributed by atoms with Crippen molar-refractivity contribution in [3.05, 3.63) is 95.1 Å². The van der Waals surface area contributed by atoms with Gasteiger partial charge in [0.05, 0.1) is 26.4 Å². The summed E-state index contributed by atoms with van der Waals surface area (Å²) in [6, 6.07) is 24.5. The minimum atomic E-state index is -1.34. The van der Waals surface area contributed by atoms with Gasteiger partial charge in [-0.25, -0.2) is 0 Å². The number of ether oxygens (including phenoxy) is 4. The van der Waals surface area contributed by atoms with Crippen molar-refractivity contribution in [1.29, 1.82) is 0 Å². The summed E-state index contributed by atoms with van der Waals surface area (Å²) in [7, 11) is 0. The number of fused-ring (bicyclic) bond motifs is 3. The van der Waals surface area contributed by atoms with E-state index < -0.39 is 11.8 Å². The van der Waals surface area contributed by atoms with Gasteiger partial charge in [0.15, 0.2) is 0 Å². The number of thioether (sulfide) groups is 2. The molecule has 6 rings (SSSR count). The van der Waals surface area contributed by atoms with Gasteiger partial charge in [-0.1, -0.05) is 55.5 Å². The van der Waals surface area contributed by atoms with E-state index in [1.165, 1.54) is 5.56 Å². The first-order chi connectivity index (χ1) is 17.9. The molecule has 5 nitrogen and oxygen atoms in total. The number of hydrogen-bond acceptors (Lipinski definition) is 7. The van der Waals surface area contributed by atoms with Gasteiger partial charge in [-0.05, 0) is 71.9 Å². The van der Waals surface area contributed by atoms with Crippen LogP contribution in [0.1, 0.15) is 35.6 Å². The summed E-state index contributed by atoms with van der Waals surface area (Å²) in [6.07, 6.45) is 4.40. The Morgan fingerprint density at radius 1 is 0.757 bits per heavy atom. The van der Waals surface area contributed by atoms with E-state index in [1.54, 1.807) is 23.5 Å². The largest absolute Gasteiger partial charge is 0.412 e. The zero-order chi connectivity index (χ0) is 25.9. The molecule has 3 fully saturated rings. The summed E-state index contributed by atoms with van der Waals surface area (Å²) < 4.78 is 22.9. The molecule has 0 spiro atoms. The van der Waals surface area contributed by atoms with E-state index in [1.807, 2.05) is 36.4 Å². The first-order valence-corrected chi connectivity index (χ1v) is 15.0. The Morgan fingerprint density at radius 3 is 1.62 bits per heavy atom. The van der Waals surface area contributed by atoms with Crippen LogP contribution in [0.3, 0.4) is 0 Å². The molecule has 0 atom stereocenters. The Bertz CT molecular complexity index is 1110. The van der Waals surface area contributed by atoms with Crippen molar-refractivity contribution in [3.63, 3.8) is 0 Å². The molecule has 196 valence electrons. The molecule has 0 radical (unpaired) electrons. The molecular weight excluding hydrogens is 504 g/mol. The van der Waals surface area contributed by atoms with E-state index >= 15 is 0 Å². The van der Waals surface area contributed by atoms with E-state index in [0.29, 0.717) is 26.4 Å². The average molecular weight is 539 g/mol. The molecule has 0 aliphatic carbocycles. The average Bonchev–Trinajstić information content (AvgIpc) is 2.96. The third kappa shape index (κ3) is 5.64. The summed E-state index contributed by atoms with van der Waals surface area (Å²) in [5.74, 6) is 0. The third-order valence-corrected chi connectivity index (χ3v) is 8.56. The van der Waals surface area contributed by atoms with Crippen LogP contribution < -0.4 is 0 Å². The van der Waals surface area contributed by atoms with Gasteiger partial charge in [-0.3, -0.25) is 0 Å². The molecule has 7 heteroatoms. The van der Waals surface area contributed by atoms with Gasteiger partial charge < -0.3 is 24.1 Å². The predicted molar refractivity (Wildman–Crippen MR) is 148 cm³/mol. The van der Waals surface area contributed by atoms with Crippen molar-refractivity contribution in [1.82, 2.24) is 0 Å². The monoisotopic (exact) mass is 538 g/mol. The van der Waals surface area contributed by atoms with E-state index in [-0.39, 0.29) is 5.41 Å². The van der Waals surface area contributed by atoms with Crippen LogP contribution in [0.25, 0.3) is 0 Å². The van der Waals surface area contributed by atoms with Gasteiger partial charge in [-0.2, -0.15) is 0 Å². The van der Waals surface area contributed by atoms with Gasteiger partial charge >= 0.3 is 6.16 Å². The highest BCUT2D eigenvalue weighted by Crippen LogP contribution is 2.39. The lowest BCUT2D eigenvalue weighted by Gasteiger charge is -2.48. The summed E-state index contributed by atoms with van der Waals surface area (Å²) in [4.78, 5) is 2.33. The van der Waals surface area contributed by atoms with Crippen LogP contribution in [0.5, 0.6) is 0 Å². The molecule has 2 bridgehead atoms. The molecule has 3 aliphatic heterocycles. The van der Waals surface area contributed by atoms with E-state index in [9.17, 15) is 5.11 Å². The number of rotatable bonds is 10. The molecule has 3 heterocycles. The Labute approximate surface area is 227 Å². The molecule has 1 N–H and O–H groups in total. The molecular formula is C30H34O5S2. The normalized spacial score (nSPS) is 23.4. The lowest BCUT2D eigenvalue weighted by molar-refractivity contribution is -0.559.